The van der Waals surface area contributed by atoms with Crippen LogP contribution in [0.5, 0.6) is 0 Å². The van der Waals surface area contributed by atoms with Gasteiger partial charge in [-0.2, -0.15) is 10.6 Å². The monoisotopic (exact) mass is 655 g/mol. The number of nitrogens with one attached hydrogen (secondary N) is 4. The highest BCUT2D eigenvalue weighted by atomic mass is 35.5. The number of aromatic amines is 1. The van der Waals surface area contributed by atoms with Gasteiger partial charge in [-0.15, -0.1) is 5.11 Å². The topological polar surface area (TPSA) is 173 Å². The van der Waals surface area contributed by atoms with Crippen LogP contribution in [0, 0.1) is 0 Å². The van der Waals surface area contributed by atoms with Crippen LogP contribution < -0.4 is 26.7 Å². The van der Waals surface area contributed by atoms with E-state index in [9.17, 15) is 28.0 Å². The van der Waals surface area contributed by atoms with Gasteiger partial charge in [0.1, 0.15) is 0 Å². The van der Waals surface area contributed by atoms with Crippen LogP contribution in [0.3, 0.4) is 0 Å². The van der Waals surface area contributed by atoms with Crippen molar-refractivity contribution in [3.05, 3.63) is 81.2 Å². The van der Waals surface area contributed by atoms with Crippen LogP contribution in [-0.2, 0) is 14.3 Å². The van der Waals surface area contributed by atoms with E-state index in [0.717, 1.165) is 4.90 Å². The Morgan fingerprint density at radius 2 is 1.91 bits per heavy atom. The van der Waals surface area contributed by atoms with Gasteiger partial charge in [-0.1, -0.05) is 29.0 Å². The fourth-order valence-corrected chi connectivity index (χ4v) is 4.94. The SMILES string of the molecule is COC(=O)Nc1ccc(-c2cc([C@H](CCC(=O)N3CC(F)(F)C3)NC(=O)/C=C/c3cc(Cl)ccc3N3CN=NN3)n[nH]c2=O)cc1. The van der Waals surface area contributed by atoms with Gasteiger partial charge in [-0.3, -0.25) is 19.7 Å². The molecule has 1 fully saturated rings. The number of carbonyl (C=O) groups is 3. The van der Waals surface area contributed by atoms with Gasteiger partial charge in [0.05, 0.1) is 43.2 Å². The summed E-state index contributed by atoms with van der Waals surface area (Å²) in [4.78, 5) is 51.1. The van der Waals surface area contributed by atoms with Crippen molar-refractivity contribution < 1.29 is 27.9 Å². The zero-order chi connectivity index (χ0) is 32.8. The number of H-pyrrole nitrogens is 1. The molecule has 14 nitrogen and oxygen atoms in total. The van der Waals surface area contributed by atoms with Crippen molar-refractivity contribution in [3.63, 3.8) is 0 Å². The number of alkyl halides is 2. The molecule has 1 saturated heterocycles. The van der Waals surface area contributed by atoms with Crippen molar-refractivity contribution in [1.29, 1.82) is 0 Å². The van der Waals surface area contributed by atoms with Crippen LogP contribution >= 0.6 is 11.6 Å². The maximum atomic E-state index is 13.4. The minimum atomic E-state index is -2.92. The van der Waals surface area contributed by atoms with E-state index in [2.05, 4.69) is 41.4 Å². The van der Waals surface area contributed by atoms with Gasteiger partial charge in [0, 0.05) is 28.8 Å². The third-order valence-corrected chi connectivity index (χ3v) is 7.34. The number of amides is 3. The highest BCUT2D eigenvalue weighted by Gasteiger charge is 2.46. The molecule has 0 radical (unpaired) electrons. The first kappa shape index (κ1) is 32.0. The molecular weight excluding hydrogens is 628 g/mol. The van der Waals surface area contributed by atoms with E-state index >= 15 is 0 Å². The fourth-order valence-electron chi connectivity index (χ4n) is 4.76. The molecule has 0 saturated carbocycles. The van der Waals surface area contributed by atoms with E-state index in [1.165, 1.54) is 25.3 Å². The lowest BCUT2D eigenvalue weighted by Gasteiger charge is -2.38. The Bertz CT molecular complexity index is 1730. The van der Waals surface area contributed by atoms with E-state index in [0.29, 0.717) is 27.5 Å². The zero-order valence-electron chi connectivity index (χ0n) is 24.3. The molecule has 0 aliphatic carbocycles. The minimum absolute atomic E-state index is 0.00404. The lowest BCUT2D eigenvalue weighted by Crippen LogP contribution is -2.58. The fraction of sp³-hybridized carbons (Fsp3) is 0.276. The van der Waals surface area contributed by atoms with Crippen LogP contribution in [0.15, 0.2) is 69.7 Å². The molecule has 2 aromatic carbocycles. The molecule has 2 aliphatic heterocycles. The number of hydrogen-bond acceptors (Lipinski definition) is 10. The first-order chi connectivity index (χ1) is 22.0. The van der Waals surface area contributed by atoms with Crippen molar-refractivity contribution in [3.8, 4) is 11.1 Å². The molecule has 0 unspecified atom stereocenters. The highest BCUT2D eigenvalue weighted by Crippen LogP contribution is 2.29. The van der Waals surface area contributed by atoms with Crippen molar-refractivity contribution in [2.45, 2.75) is 24.8 Å². The number of rotatable bonds is 10. The van der Waals surface area contributed by atoms with Gasteiger partial charge >= 0.3 is 6.09 Å². The third-order valence-electron chi connectivity index (χ3n) is 7.10. The Morgan fingerprint density at radius 1 is 1.15 bits per heavy atom. The van der Waals surface area contributed by atoms with E-state index in [1.807, 2.05) is 0 Å². The van der Waals surface area contributed by atoms with E-state index in [-0.39, 0.29) is 30.8 Å². The summed E-state index contributed by atoms with van der Waals surface area (Å²) < 4.78 is 31.3. The molecule has 240 valence electrons. The lowest BCUT2D eigenvalue weighted by atomic mass is 10.0. The van der Waals surface area contributed by atoms with E-state index in [4.69, 9.17) is 11.6 Å². The molecule has 0 bridgehead atoms. The number of hydrogen-bond donors (Lipinski definition) is 4. The Kier molecular flexibility index (Phi) is 9.55. The number of anilines is 2. The van der Waals surface area contributed by atoms with Crippen LogP contribution in [0.2, 0.25) is 5.02 Å². The molecule has 3 amide bonds. The Balaban J connectivity index is 1.37. The number of halogens is 3. The van der Waals surface area contributed by atoms with E-state index in [1.54, 1.807) is 47.5 Å². The predicted octanol–water partition coefficient (Wildman–Crippen LogP) is 4.05. The Labute approximate surface area is 265 Å². The molecule has 1 aromatic heterocycles. The molecule has 4 N–H and O–H groups in total. The number of aromatic nitrogens is 2. The number of carbonyl (C=O) groups excluding carboxylic acids is 3. The molecule has 17 heteroatoms. The third kappa shape index (κ3) is 7.82. The first-order valence-electron chi connectivity index (χ1n) is 13.9. The van der Waals surface area contributed by atoms with Crippen LogP contribution in [0.1, 0.15) is 30.1 Å². The average molecular weight is 656 g/mol. The molecule has 5 rings (SSSR count). The number of likely N-dealkylation sites (tertiary alicyclic amines) is 1. The summed E-state index contributed by atoms with van der Waals surface area (Å²) in [5, 5.41) is 21.5. The predicted molar refractivity (Wildman–Crippen MR) is 164 cm³/mol. The molecule has 46 heavy (non-hydrogen) atoms. The highest BCUT2D eigenvalue weighted by molar-refractivity contribution is 6.30. The smallest absolute Gasteiger partial charge is 0.411 e. The number of benzene rings is 2. The standard InChI is InChI=1S/C29H28ClF2N9O5/c1-46-28(45)34-20-6-2-17(3-7-20)21-13-23(36-37-27(21)44)22(8-11-26(43)40-14-29(31,32)15-40)35-25(42)10-4-18-12-19(30)5-9-24(18)41-16-33-38-39-41/h2-7,9-10,12-13,22H,8,11,14-16H2,1H3,(H,33,39)(H,34,45)(H,35,42)(H,37,44)/b10-4+/t22-/m0/s1. The molecule has 2 aliphatic rings. The van der Waals surface area contributed by atoms with Crippen molar-refractivity contribution in [2.24, 2.45) is 10.3 Å². The first-order valence-corrected chi connectivity index (χ1v) is 14.3. The average Bonchev–Trinajstić information content (AvgIpc) is 3.56. The minimum Gasteiger partial charge on any atom is -0.453 e. The summed E-state index contributed by atoms with van der Waals surface area (Å²) in [6.07, 6.45) is 1.98. The summed E-state index contributed by atoms with van der Waals surface area (Å²) in [6.45, 7) is -1.08. The number of methoxy groups -OCH3 is 1. The van der Waals surface area contributed by atoms with Crippen LogP contribution in [0.4, 0.5) is 25.0 Å². The molecule has 3 aromatic rings. The summed E-state index contributed by atoms with van der Waals surface area (Å²) >= 11 is 6.19. The van der Waals surface area contributed by atoms with Crippen molar-refractivity contribution in [2.75, 3.05) is 37.2 Å². The molecular formula is C29H28ClF2N9O5. The normalized spacial score (nSPS) is 15.7. The summed E-state index contributed by atoms with van der Waals surface area (Å²) in [6, 6.07) is 12.0. The number of ether oxygens (including phenoxy) is 1. The number of hydrazine groups is 1. The Morgan fingerprint density at radius 3 is 2.59 bits per heavy atom. The maximum absolute atomic E-state index is 13.4. The largest absolute Gasteiger partial charge is 0.453 e. The second-order valence-corrected chi connectivity index (χ2v) is 10.8. The Hall–Kier alpha value is -5.38. The van der Waals surface area contributed by atoms with Gasteiger partial charge in [-0.05, 0) is 54.5 Å². The summed E-state index contributed by atoms with van der Waals surface area (Å²) in [5.41, 5.74) is 4.79. The van der Waals surface area contributed by atoms with Crippen molar-refractivity contribution >= 4 is 47.0 Å². The second kappa shape index (κ2) is 13.7. The molecule has 1 atom stereocenters. The number of nitrogens with zero attached hydrogens (tertiary/aromatic N) is 5. The van der Waals surface area contributed by atoms with Crippen LogP contribution in [0.25, 0.3) is 17.2 Å². The summed E-state index contributed by atoms with van der Waals surface area (Å²) in [7, 11) is 1.23. The maximum Gasteiger partial charge on any atom is 0.411 e. The van der Waals surface area contributed by atoms with Gasteiger partial charge in [0.25, 0.3) is 11.5 Å². The lowest BCUT2D eigenvalue weighted by molar-refractivity contribution is -0.165. The second-order valence-electron chi connectivity index (χ2n) is 10.4. The van der Waals surface area contributed by atoms with Crippen LogP contribution in [-0.4, -0.2) is 65.8 Å². The van der Waals surface area contributed by atoms with Gasteiger partial charge in [-0.25, -0.2) is 23.7 Å². The zero-order valence-corrected chi connectivity index (χ0v) is 25.1. The van der Waals surface area contributed by atoms with Crippen molar-refractivity contribution in [1.82, 2.24) is 25.9 Å². The van der Waals surface area contributed by atoms with Gasteiger partial charge < -0.3 is 15.0 Å². The van der Waals surface area contributed by atoms with Gasteiger partial charge in [0.15, 0.2) is 6.67 Å². The quantitative estimate of drug-likeness (QED) is 0.237. The molecule has 3 heterocycles. The van der Waals surface area contributed by atoms with E-state index < -0.39 is 48.5 Å². The molecule has 0 spiro atoms. The van der Waals surface area contributed by atoms with Gasteiger partial charge in [0.2, 0.25) is 11.8 Å². The summed E-state index contributed by atoms with van der Waals surface area (Å²) in [5.74, 6) is -3.98.